The maximum Gasteiger partial charge on any atom is 0.179 e. The number of rotatable bonds is 2. The highest BCUT2D eigenvalue weighted by Crippen LogP contribution is 2.28. The van der Waals surface area contributed by atoms with Crippen molar-refractivity contribution in [2.75, 3.05) is 12.4 Å². The lowest BCUT2D eigenvalue weighted by atomic mass is 10.2. The van der Waals surface area contributed by atoms with Crippen LogP contribution in [0.1, 0.15) is 0 Å². The fraction of sp³-hybridized carbons (Fsp3) is 0.125. The molecule has 0 saturated carbocycles. The van der Waals surface area contributed by atoms with Crippen LogP contribution in [0.15, 0.2) is 16.8 Å². The van der Waals surface area contributed by atoms with Gasteiger partial charge in [0.05, 0.1) is 12.8 Å². The molecule has 0 atom stereocenters. The molecule has 0 aliphatic carbocycles. The Morgan fingerprint density at radius 1 is 1.47 bits per heavy atom. The molecule has 1 aromatic carbocycles. The molecule has 7 heteroatoms. The van der Waals surface area contributed by atoms with Crippen LogP contribution in [-0.2, 0) is 0 Å². The Hall–Kier alpha value is -1.89. The molecular formula is C8H8N4O2S. The summed E-state index contributed by atoms with van der Waals surface area (Å²) in [7, 11) is 1.55. The number of ether oxygens (including phenoxy) is 1. The summed E-state index contributed by atoms with van der Waals surface area (Å²) in [6, 6.07) is 3.47. The molecule has 0 spiro atoms. The van der Waals surface area contributed by atoms with Gasteiger partial charge in [0, 0.05) is 0 Å². The van der Waals surface area contributed by atoms with Crippen molar-refractivity contribution < 1.29 is 9.37 Å². The largest absolute Gasteiger partial charge is 0.494 e. The van der Waals surface area contributed by atoms with E-state index in [1.54, 1.807) is 19.2 Å². The van der Waals surface area contributed by atoms with E-state index in [0.717, 1.165) is 0 Å². The quantitative estimate of drug-likeness (QED) is 0.732. The van der Waals surface area contributed by atoms with Crippen LogP contribution in [0.4, 0.5) is 5.69 Å². The number of nitrogens with one attached hydrogen (secondary N) is 1. The number of benzene rings is 1. The smallest absolute Gasteiger partial charge is 0.179 e. The molecule has 1 aromatic heterocycles. The molecule has 0 radical (unpaired) electrons. The van der Waals surface area contributed by atoms with E-state index in [1.165, 1.54) is 0 Å². The Labute approximate surface area is 90.3 Å². The van der Waals surface area contributed by atoms with Crippen LogP contribution in [0.25, 0.3) is 11.0 Å². The third-order valence-electron chi connectivity index (χ3n) is 1.86. The lowest BCUT2D eigenvalue weighted by molar-refractivity contribution is 0.314. The molecule has 1 heterocycles. The minimum atomic E-state index is 0.157. The average Bonchev–Trinajstić information content (AvgIpc) is 2.66. The Balaban J connectivity index is 2.58. The van der Waals surface area contributed by atoms with Crippen LogP contribution in [0.3, 0.4) is 0 Å². The molecule has 6 nitrogen and oxygen atoms in total. The summed E-state index contributed by atoms with van der Waals surface area (Å²) in [5, 5.41) is 10.4. The van der Waals surface area contributed by atoms with Crippen molar-refractivity contribution in [3.05, 3.63) is 12.1 Å². The molecule has 2 rings (SSSR count). The topological polar surface area (TPSA) is 86.2 Å². The van der Waals surface area contributed by atoms with Gasteiger partial charge in [-0.3, -0.25) is 0 Å². The fourth-order valence-electron chi connectivity index (χ4n) is 1.24. The van der Waals surface area contributed by atoms with Crippen LogP contribution in [0, 0.1) is 0 Å². The first-order valence-electron chi connectivity index (χ1n) is 4.08. The van der Waals surface area contributed by atoms with Crippen LogP contribution < -0.4 is 15.8 Å². The van der Waals surface area contributed by atoms with Crippen molar-refractivity contribution in [3.8, 4) is 5.75 Å². The first-order chi connectivity index (χ1) is 7.22. The molecular weight excluding hydrogens is 216 g/mol. The van der Waals surface area contributed by atoms with Gasteiger partial charge >= 0.3 is 0 Å². The zero-order valence-corrected chi connectivity index (χ0v) is 8.67. The van der Waals surface area contributed by atoms with Gasteiger partial charge in [-0.05, 0) is 34.7 Å². The van der Waals surface area contributed by atoms with E-state index in [1.807, 2.05) is 0 Å². The molecule has 0 aliphatic heterocycles. The predicted molar refractivity (Wildman–Crippen MR) is 58.8 cm³/mol. The highest BCUT2D eigenvalue weighted by Gasteiger charge is 2.12. The maximum atomic E-state index is 5.37. The number of nitrogens with zero attached hydrogens (tertiary/aromatic N) is 2. The fourth-order valence-corrected chi connectivity index (χ4v) is 1.35. The van der Waals surface area contributed by atoms with Gasteiger partial charge in [-0.2, -0.15) is 0 Å². The number of hydrogen-bond acceptors (Lipinski definition) is 5. The van der Waals surface area contributed by atoms with Crippen molar-refractivity contribution in [1.82, 2.24) is 10.3 Å². The van der Waals surface area contributed by atoms with Gasteiger partial charge in [0.15, 0.2) is 21.9 Å². The van der Waals surface area contributed by atoms with Crippen molar-refractivity contribution in [2.45, 2.75) is 0 Å². The lowest BCUT2D eigenvalue weighted by Crippen LogP contribution is -2.19. The summed E-state index contributed by atoms with van der Waals surface area (Å²) in [6.07, 6.45) is 0. The predicted octanol–water partition coefficient (Wildman–Crippen LogP) is 0.887. The number of aromatic nitrogens is 2. The molecule has 0 unspecified atom stereocenters. The van der Waals surface area contributed by atoms with Crippen LogP contribution in [-0.4, -0.2) is 22.5 Å². The van der Waals surface area contributed by atoms with Crippen molar-refractivity contribution in [3.63, 3.8) is 0 Å². The number of nitrogens with two attached hydrogens (primary N) is 1. The van der Waals surface area contributed by atoms with E-state index in [9.17, 15) is 0 Å². The third-order valence-corrected chi connectivity index (χ3v) is 1.96. The molecule has 0 fully saturated rings. The minimum absolute atomic E-state index is 0.157. The summed E-state index contributed by atoms with van der Waals surface area (Å²) >= 11 is 4.73. The number of hydrogen-bond donors (Lipinski definition) is 2. The van der Waals surface area contributed by atoms with E-state index in [4.69, 9.17) is 22.7 Å². The Bertz CT molecular complexity index is 510. The monoisotopic (exact) mass is 224 g/mol. The number of anilines is 1. The molecule has 0 aliphatic rings. The Morgan fingerprint density at radius 2 is 2.20 bits per heavy atom. The van der Waals surface area contributed by atoms with E-state index in [2.05, 4.69) is 20.3 Å². The van der Waals surface area contributed by atoms with Gasteiger partial charge < -0.3 is 15.8 Å². The van der Waals surface area contributed by atoms with Crippen LogP contribution in [0.2, 0.25) is 0 Å². The van der Waals surface area contributed by atoms with E-state index in [-0.39, 0.29) is 5.11 Å². The Morgan fingerprint density at radius 3 is 2.87 bits per heavy atom. The number of fused-ring (bicyclic) bond motifs is 1. The van der Waals surface area contributed by atoms with Gasteiger partial charge in [0.25, 0.3) is 0 Å². The molecule has 0 saturated heterocycles. The van der Waals surface area contributed by atoms with E-state index < -0.39 is 0 Å². The van der Waals surface area contributed by atoms with Gasteiger partial charge in [0.2, 0.25) is 0 Å². The highest BCUT2D eigenvalue weighted by molar-refractivity contribution is 7.80. The third kappa shape index (κ3) is 1.68. The summed E-state index contributed by atoms with van der Waals surface area (Å²) in [6.45, 7) is 0. The summed E-state index contributed by atoms with van der Waals surface area (Å²) in [5.74, 6) is 0.583. The molecule has 0 amide bonds. The summed E-state index contributed by atoms with van der Waals surface area (Å²) in [5.41, 5.74) is 7.06. The van der Waals surface area contributed by atoms with Gasteiger partial charge in [0.1, 0.15) is 0 Å². The molecule has 0 bridgehead atoms. The number of thiocarbonyl (C=S) groups is 1. The second kappa shape index (κ2) is 3.70. The standard InChI is InChI=1S/C8H8N4O2S/c1-13-5-3-2-4(10-8(9)15)6-7(5)12-14-11-6/h2-3H,1H3,(H3,9,10,15). The van der Waals surface area contributed by atoms with E-state index in [0.29, 0.717) is 22.5 Å². The molecule has 15 heavy (non-hydrogen) atoms. The van der Waals surface area contributed by atoms with Crippen LogP contribution in [0.5, 0.6) is 5.75 Å². The first-order valence-corrected chi connectivity index (χ1v) is 4.49. The number of methoxy groups -OCH3 is 1. The zero-order chi connectivity index (χ0) is 10.8. The lowest BCUT2D eigenvalue weighted by Gasteiger charge is -2.05. The first kappa shape index (κ1) is 9.66. The van der Waals surface area contributed by atoms with Gasteiger partial charge in [-0.15, -0.1) is 0 Å². The van der Waals surface area contributed by atoms with Crippen molar-refractivity contribution in [1.29, 1.82) is 0 Å². The molecule has 3 N–H and O–H groups in total. The normalized spacial score (nSPS) is 10.2. The minimum Gasteiger partial charge on any atom is -0.494 e. The van der Waals surface area contributed by atoms with Gasteiger partial charge in [-0.25, -0.2) is 4.63 Å². The molecule has 78 valence electrons. The van der Waals surface area contributed by atoms with Gasteiger partial charge in [-0.1, -0.05) is 0 Å². The van der Waals surface area contributed by atoms with Crippen molar-refractivity contribution in [2.24, 2.45) is 5.73 Å². The average molecular weight is 224 g/mol. The zero-order valence-electron chi connectivity index (χ0n) is 7.85. The van der Waals surface area contributed by atoms with Crippen molar-refractivity contribution >= 4 is 34.1 Å². The summed E-state index contributed by atoms with van der Waals surface area (Å²) < 4.78 is 9.72. The second-order valence-electron chi connectivity index (χ2n) is 2.77. The highest BCUT2D eigenvalue weighted by atomic mass is 32.1. The SMILES string of the molecule is COc1ccc(NC(N)=S)c2nonc12. The molecule has 2 aromatic rings. The van der Waals surface area contributed by atoms with E-state index >= 15 is 0 Å². The summed E-state index contributed by atoms with van der Waals surface area (Å²) in [4.78, 5) is 0. The second-order valence-corrected chi connectivity index (χ2v) is 3.21. The maximum absolute atomic E-state index is 5.37. The van der Waals surface area contributed by atoms with Crippen LogP contribution >= 0.6 is 12.2 Å². The Kier molecular flexibility index (Phi) is 2.38.